The van der Waals surface area contributed by atoms with Gasteiger partial charge in [-0.05, 0) is 54.6 Å². The molecule has 3 heteroatoms. The zero-order valence-corrected chi connectivity index (χ0v) is 14.3. The Labute approximate surface area is 148 Å². The van der Waals surface area contributed by atoms with Crippen LogP contribution in [-0.2, 0) is 19.3 Å². The highest BCUT2D eigenvalue weighted by atomic mass is 14.9. The van der Waals surface area contributed by atoms with Crippen molar-refractivity contribution in [1.29, 1.82) is 0 Å². The first-order valence-electron chi connectivity index (χ1n) is 8.90. The van der Waals surface area contributed by atoms with Crippen molar-refractivity contribution in [3.8, 4) is 11.3 Å². The minimum Gasteiger partial charge on any atom is -0.384 e. The molecule has 3 nitrogen and oxygen atoms in total. The molecule has 0 unspecified atom stereocenters. The molecule has 0 spiro atoms. The Bertz CT molecular complexity index is 830. The van der Waals surface area contributed by atoms with Crippen LogP contribution in [0.5, 0.6) is 0 Å². The van der Waals surface area contributed by atoms with Crippen LogP contribution in [0.2, 0.25) is 0 Å². The topological polar surface area (TPSA) is 50.9 Å². The molecule has 1 aliphatic rings. The fourth-order valence-electron chi connectivity index (χ4n) is 3.58. The van der Waals surface area contributed by atoms with Crippen LogP contribution in [0.3, 0.4) is 0 Å². The summed E-state index contributed by atoms with van der Waals surface area (Å²) in [5.74, 6) is 0.559. The highest BCUT2D eigenvalue weighted by Gasteiger charge is 2.19. The standard InChI is InChI=1S/C22H23N3/c23-22-7-3-6-21(25-22)17-10-8-16(9-11-17)12-13-24-20-14-18-4-1-2-5-19(18)15-20/h1-11,20,24H,12-15H2,(H2,23,25). The quantitative estimate of drug-likeness (QED) is 0.751. The average molecular weight is 329 g/mol. The summed E-state index contributed by atoms with van der Waals surface area (Å²) in [5, 5.41) is 3.70. The molecule has 0 atom stereocenters. The van der Waals surface area contributed by atoms with Gasteiger partial charge in [0.2, 0.25) is 0 Å². The first-order chi connectivity index (χ1) is 12.3. The number of benzene rings is 2. The Morgan fingerprint density at radius 1 is 0.880 bits per heavy atom. The molecule has 4 rings (SSSR count). The van der Waals surface area contributed by atoms with Crippen LogP contribution in [0, 0.1) is 0 Å². The number of nitrogens with one attached hydrogen (secondary N) is 1. The summed E-state index contributed by atoms with van der Waals surface area (Å²) >= 11 is 0. The van der Waals surface area contributed by atoms with Gasteiger partial charge in [0.1, 0.15) is 5.82 Å². The highest BCUT2D eigenvalue weighted by molar-refractivity contribution is 5.61. The number of hydrogen-bond donors (Lipinski definition) is 2. The van der Waals surface area contributed by atoms with Crippen LogP contribution in [0.4, 0.5) is 5.82 Å². The molecule has 0 aliphatic heterocycles. The number of fused-ring (bicyclic) bond motifs is 1. The van der Waals surface area contributed by atoms with E-state index in [0.29, 0.717) is 11.9 Å². The van der Waals surface area contributed by atoms with Crippen molar-refractivity contribution >= 4 is 5.82 Å². The van der Waals surface area contributed by atoms with Crippen molar-refractivity contribution in [2.24, 2.45) is 0 Å². The van der Waals surface area contributed by atoms with Gasteiger partial charge in [0.25, 0.3) is 0 Å². The SMILES string of the molecule is Nc1cccc(-c2ccc(CCNC3Cc4ccccc4C3)cc2)n1. The second-order valence-corrected chi connectivity index (χ2v) is 6.72. The Morgan fingerprint density at radius 3 is 2.28 bits per heavy atom. The number of aromatic nitrogens is 1. The number of nitrogens with zero attached hydrogens (tertiary/aromatic N) is 1. The van der Waals surface area contributed by atoms with Crippen LogP contribution >= 0.6 is 0 Å². The van der Waals surface area contributed by atoms with Gasteiger partial charge in [0.15, 0.2) is 0 Å². The van der Waals surface area contributed by atoms with Gasteiger partial charge in [-0.25, -0.2) is 4.98 Å². The van der Waals surface area contributed by atoms with Crippen molar-refractivity contribution in [3.63, 3.8) is 0 Å². The Morgan fingerprint density at radius 2 is 1.60 bits per heavy atom. The minimum absolute atomic E-state index is 0.559. The third kappa shape index (κ3) is 3.72. The Balaban J connectivity index is 1.31. The van der Waals surface area contributed by atoms with Gasteiger partial charge in [0, 0.05) is 11.6 Å². The van der Waals surface area contributed by atoms with E-state index in [0.717, 1.165) is 37.1 Å². The third-order valence-electron chi connectivity index (χ3n) is 4.92. The lowest BCUT2D eigenvalue weighted by atomic mass is 10.1. The predicted molar refractivity (Wildman–Crippen MR) is 103 cm³/mol. The number of hydrogen-bond acceptors (Lipinski definition) is 3. The van der Waals surface area contributed by atoms with Crippen molar-refractivity contribution in [3.05, 3.63) is 83.4 Å². The lowest BCUT2D eigenvalue weighted by Gasteiger charge is -2.12. The lowest BCUT2D eigenvalue weighted by Crippen LogP contribution is -2.31. The number of nitrogens with two attached hydrogens (primary N) is 1. The maximum Gasteiger partial charge on any atom is 0.124 e. The molecule has 3 N–H and O–H groups in total. The predicted octanol–water partition coefficient (Wildman–Crippen LogP) is 3.63. The summed E-state index contributed by atoms with van der Waals surface area (Å²) in [6.45, 7) is 1.01. The van der Waals surface area contributed by atoms with E-state index < -0.39 is 0 Å². The number of nitrogen functional groups attached to an aromatic ring is 1. The van der Waals surface area contributed by atoms with Gasteiger partial charge in [-0.15, -0.1) is 0 Å². The molecule has 2 aromatic carbocycles. The Hall–Kier alpha value is -2.65. The summed E-state index contributed by atoms with van der Waals surface area (Å²) in [5.41, 5.74) is 12.1. The summed E-state index contributed by atoms with van der Waals surface area (Å²) in [7, 11) is 0. The van der Waals surface area contributed by atoms with Gasteiger partial charge in [-0.2, -0.15) is 0 Å². The number of rotatable bonds is 5. The second kappa shape index (κ2) is 7.08. The van der Waals surface area contributed by atoms with Gasteiger partial charge >= 0.3 is 0 Å². The maximum atomic E-state index is 5.76. The van der Waals surface area contributed by atoms with E-state index in [1.165, 1.54) is 16.7 Å². The second-order valence-electron chi connectivity index (χ2n) is 6.72. The van der Waals surface area contributed by atoms with E-state index in [1.54, 1.807) is 0 Å². The van der Waals surface area contributed by atoms with E-state index in [-0.39, 0.29) is 0 Å². The minimum atomic E-state index is 0.559. The van der Waals surface area contributed by atoms with Gasteiger partial charge in [0.05, 0.1) is 5.69 Å². The molecular formula is C22H23N3. The van der Waals surface area contributed by atoms with Crippen LogP contribution in [0.1, 0.15) is 16.7 Å². The third-order valence-corrected chi connectivity index (χ3v) is 4.92. The van der Waals surface area contributed by atoms with Gasteiger partial charge in [-0.3, -0.25) is 0 Å². The zero-order chi connectivity index (χ0) is 17.1. The van der Waals surface area contributed by atoms with Crippen LogP contribution < -0.4 is 11.1 Å². The summed E-state index contributed by atoms with van der Waals surface area (Å²) in [6, 6.07) is 23.7. The maximum absolute atomic E-state index is 5.76. The molecule has 1 heterocycles. The molecule has 0 amide bonds. The van der Waals surface area contributed by atoms with Crippen molar-refractivity contribution in [2.45, 2.75) is 25.3 Å². The van der Waals surface area contributed by atoms with Crippen molar-refractivity contribution in [2.75, 3.05) is 12.3 Å². The fourth-order valence-corrected chi connectivity index (χ4v) is 3.58. The van der Waals surface area contributed by atoms with Gasteiger partial charge in [-0.1, -0.05) is 54.6 Å². The van der Waals surface area contributed by atoms with Crippen molar-refractivity contribution < 1.29 is 0 Å². The molecule has 3 aromatic rings. The largest absolute Gasteiger partial charge is 0.384 e. The molecule has 0 bridgehead atoms. The van der Waals surface area contributed by atoms with E-state index in [2.05, 4.69) is 58.8 Å². The average Bonchev–Trinajstić information content (AvgIpc) is 3.05. The monoisotopic (exact) mass is 329 g/mol. The summed E-state index contributed by atoms with van der Waals surface area (Å²) in [4.78, 5) is 4.37. The Kier molecular flexibility index (Phi) is 4.49. The molecule has 25 heavy (non-hydrogen) atoms. The number of pyridine rings is 1. The first kappa shape index (κ1) is 15.9. The first-order valence-corrected chi connectivity index (χ1v) is 8.90. The van der Waals surface area contributed by atoms with E-state index >= 15 is 0 Å². The van der Waals surface area contributed by atoms with Crippen LogP contribution in [-0.4, -0.2) is 17.6 Å². The summed E-state index contributed by atoms with van der Waals surface area (Å²) in [6.07, 6.45) is 3.34. The van der Waals surface area contributed by atoms with E-state index in [9.17, 15) is 0 Å². The summed E-state index contributed by atoms with van der Waals surface area (Å²) < 4.78 is 0. The molecule has 0 radical (unpaired) electrons. The molecule has 126 valence electrons. The van der Waals surface area contributed by atoms with Crippen LogP contribution in [0.25, 0.3) is 11.3 Å². The molecular weight excluding hydrogens is 306 g/mol. The van der Waals surface area contributed by atoms with Crippen LogP contribution in [0.15, 0.2) is 66.7 Å². The normalized spacial score (nSPS) is 13.8. The molecule has 0 saturated carbocycles. The molecule has 0 saturated heterocycles. The molecule has 1 aromatic heterocycles. The lowest BCUT2D eigenvalue weighted by molar-refractivity contribution is 0.536. The fraction of sp³-hybridized carbons (Fsp3) is 0.227. The number of anilines is 1. The highest BCUT2D eigenvalue weighted by Crippen LogP contribution is 2.22. The molecule has 0 fully saturated rings. The van der Waals surface area contributed by atoms with E-state index in [4.69, 9.17) is 5.73 Å². The van der Waals surface area contributed by atoms with Crippen molar-refractivity contribution in [1.82, 2.24) is 10.3 Å². The van der Waals surface area contributed by atoms with Gasteiger partial charge < -0.3 is 11.1 Å². The van der Waals surface area contributed by atoms with E-state index in [1.807, 2.05) is 18.2 Å². The smallest absolute Gasteiger partial charge is 0.124 e. The zero-order valence-electron chi connectivity index (χ0n) is 14.3. The molecule has 1 aliphatic carbocycles.